The average Bonchev–Trinajstić information content (AvgIpc) is 3.48. The molecule has 0 unspecified atom stereocenters. The van der Waals surface area contributed by atoms with Crippen LogP contribution in [0.5, 0.6) is 5.75 Å². The molecule has 2 N–H and O–H groups in total. The number of carbonyl (C=O) groups is 1. The Morgan fingerprint density at radius 2 is 1.87 bits per heavy atom. The van der Waals surface area contributed by atoms with E-state index < -0.39 is 0 Å². The molecule has 1 amide bonds. The van der Waals surface area contributed by atoms with Crippen LogP contribution < -0.4 is 10.1 Å². The predicted molar refractivity (Wildman–Crippen MR) is 113 cm³/mol. The van der Waals surface area contributed by atoms with Gasteiger partial charge in [-0.15, -0.1) is 10.2 Å². The van der Waals surface area contributed by atoms with E-state index in [0.717, 1.165) is 16.9 Å². The van der Waals surface area contributed by atoms with Gasteiger partial charge in [0.1, 0.15) is 11.6 Å². The second-order valence-corrected chi connectivity index (χ2v) is 6.83. The second-order valence-electron chi connectivity index (χ2n) is 6.83. The van der Waals surface area contributed by atoms with E-state index in [-0.39, 0.29) is 12.5 Å². The summed E-state index contributed by atoms with van der Waals surface area (Å²) < 4.78 is 10.8. The van der Waals surface area contributed by atoms with Gasteiger partial charge in [-0.25, -0.2) is 4.98 Å². The summed E-state index contributed by atoms with van der Waals surface area (Å²) >= 11 is 0. The number of benzene rings is 2. The Morgan fingerprint density at radius 3 is 2.65 bits per heavy atom. The molecule has 4 aromatic rings. The first kappa shape index (κ1) is 20.3. The van der Waals surface area contributed by atoms with E-state index in [1.165, 1.54) is 0 Å². The minimum atomic E-state index is -0.0785. The zero-order valence-electron chi connectivity index (χ0n) is 17.0. The van der Waals surface area contributed by atoms with Crippen molar-refractivity contribution in [1.29, 1.82) is 0 Å². The highest BCUT2D eigenvalue weighted by Crippen LogP contribution is 2.19. The third-order valence-corrected chi connectivity index (χ3v) is 4.62. The number of nitrogens with one attached hydrogen (secondary N) is 2. The number of hydrogen-bond donors (Lipinski definition) is 2. The van der Waals surface area contributed by atoms with Crippen molar-refractivity contribution in [2.45, 2.75) is 25.8 Å². The van der Waals surface area contributed by atoms with E-state index in [4.69, 9.17) is 9.15 Å². The van der Waals surface area contributed by atoms with Crippen molar-refractivity contribution in [2.24, 2.45) is 0 Å². The first-order valence-corrected chi connectivity index (χ1v) is 9.91. The molecule has 31 heavy (non-hydrogen) atoms. The number of hydrogen-bond acceptors (Lipinski definition) is 7. The molecule has 9 nitrogen and oxygen atoms in total. The maximum Gasteiger partial charge on any atom is 0.247 e. The van der Waals surface area contributed by atoms with Crippen molar-refractivity contribution < 1.29 is 13.9 Å². The Bertz CT molecular complexity index is 1120. The average molecular weight is 418 g/mol. The van der Waals surface area contributed by atoms with Crippen molar-refractivity contribution in [3.05, 3.63) is 66.3 Å². The molecular formula is C22H22N6O3. The number of ether oxygens (including phenoxy) is 1. The number of aryl methyl sites for hydroxylation is 1. The Hall–Kier alpha value is -4.01. The molecule has 0 saturated heterocycles. The molecule has 0 bridgehead atoms. The molecule has 158 valence electrons. The standard InChI is InChI=1S/C22H22N6O3/c1-30-17-12-10-15(11-13-17)21-24-18(25-27-21)14-23-19(29)8-5-9-20-26-28-22(31-20)16-6-3-2-4-7-16/h2-4,6-7,10-13H,5,8-9,14H2,1H3,(H,23,29)(H,24,25,27). The molecule has 0 saturated carbocycles. The van der Waals surface area contributed by atoms with Gasteiger partial charge in [-0.1, -0.05) is 18.2 Å². The van der Waals surface area contributed by atoms with Gasteiger partial charge in [0, 0.05) is 24.0 Å². The van der Waals surface area contributed by atoms with E-state index in [0.29, 0.717) is 42.7 Å². The fourth-order valence-corrected chi connectivity index (χ4v) is 2.97. The lowest BCUT2D eigenvalue weighted by atomic mass is 10.2. The summed E-state index contributed by atoms with van der Waals surface area (Å²) in [5, 5.41) is 18.0. The number of nitrogens with zero attached hydrogens (tertiary/aromatic N) is 4. The number of amides is 1. The van der Waals surface area contributed by atoms with Gasteiger partial charge in [-0.3, -0.25) is 9.89 Å². The highest BCUT2D eigenvalue weighted by atomic mass is 16.5. The van der Waals surface area contributed by atoms with Crippen LogP contribution in [0.25, 0.3) is 22.8 Å². The first-order valence-electron chi connectivity index (χ1n) is 9.91. The van der Waals surface area contributed by atoms with E-state index in [2.05, 4.69) is 30.7 Å². The van der Waals surface area contributed by atoms with Crippen LogP contribution >= 0.6 is 0 Å². The van der Waals surface area contributed by atoms with Crippen LogP contribution in [0, 0.1) is 0 Å². The van der Waals surface area contributed by atoms with Gasteiger partial charge in [-0.05, 0) is 42.8 Å². The number of aromatic amines is 1. The lowest BCUT2D eigenvalue weighted by molar-refractivity contribution is -0.121. The maximum absolute atomic E-state index is 12.1. The molecule has 2 aromatic carbocycles. The minimum Gasteiger partial charge on any atom is -0.497 e. The number of aromatic nitrogens is 5. The Labute approximate surface area is 178 Å². The van der Waals surface area contributed by atoms with Crippen molar-refractivity contribution >= 4 is 5.91 Å². The Balaban J connectivity index is 1.21. The zero-order valence-corrected chi connectivity index (χ0v) is 17.0. The Morgan fingerprint density at radius 1 is 1.06 bits per heavy atom. The monoisotopic (exact) mass is 418 g/mol. The molecular weight excluding hydrogens is 396 g/mol. The van der Waals surface area contributed by atoms with Crippen LogP contribution in [0.15, 0.2) is 59.0 Å². The van der Waals surface area contributed by atoms with Crippen LogP contribution in [-0.2, 0) is 17.8 Å². The largest absolute Gasteiger partial charge is 0.497 e. The molecule has 2 heterocycles. The summed E-state index contributed by atoms with van der Waals surface area (Å²) in [5.74, 6) is 2.85. The number of H-pyrrole nitrogens is 1. The van der Waals surface area contributed by atoms with Gasteiger partial charge in [0.25, 0.3) is 0 Å². The third kappa shape index (κ3) is 5.33. The lowest BCUT2D eigenvalue weighted by Gasteiger charge is -2.02. The summed E-state index contributed by atoms with van der Waals surface area (Å²) in [6, 6.07) is 17.0. The van der Waals surface area contributed by atoms with Gasteiger partial charge in [0.15, 0.2) is 5.82 Å². The molecule has 0 spiro atoms. The van der Waals surface area contributed by atoms with Gasteiger partial charge in [0.2, 0.25) is 17.7 Å². The molecule has 0 atom stereocenters. The zero-order chi connectivity index (χ0) is 21.5. The highest BCUT2D eigenvalue weighted by Gasteiger charge is 2.10. The van der Waals surface area contributed by atoms with Crippen molar-refractivity contribution in [3.8, 4) is 28.6 Å². The summed E-state index contributed by atoms with van der Waals surface area (Å²) in [7, 11) is 1.62. The van der Waals surface area contributed by atoms with Crippen molar-refractivity contribution in [2.75, 3.05) is 7.11 Å². The molecule has 0 aliphatic heterocycles. The van der Waals surface area contributed by atoms with E-state index in [9.17, 15) is 4.79 Å². The highest BCUT2D eigenvalue weighted by molar-refractivity contribution is 5.75. The molecule has 0 aliphatic carbocycles. The normalized spacial score (nSPS) is 10.7. The summed E-state index contributed by atoms with van der Waals surface area (Å²) in [5.41, 5.74) is 1.74. The lowest BCUT2D eigenvalue weighted by Crippen LogP contribution is -2.23. The smallest absolute Gasteiger partial charge is 0.247 e. The summed E-state index contributed by atoms with van der Waals surface area (Å²) in [6.07, 6.45) is 1.50. The summed E-state index contributed by atoms with van der Waals surface area (Å²) in [4.78, 5) is 16.5. The van der Waals surface area contributed by atoms with Crippen molar-refractivity contribution in [3.63, 3.8) is 0 Å². The van der Waals surface area contributed by atoms with E-state index in [1.54, 1.807) is 7.11 Å². The van der Waals surface area contributed by atoms with Crippen LogP contribution in [0.1, 0.15) is 24.6 Å². The van der Waals surface area contributed by atoms with E-state index >= 15 is 0 Å². The van der Waals surface area contributed by atoms with Gasteiger partial charge >= 0.3 is 0 Å². The van der Waals surface area contributed by atoms with Crippen LogP contribution in [-0.4, -0.2) is 38.4 Å². The molecule has 0 fully saturated rings. The number of rotatable bonds is 9. The number of methoxy groups -OCH3 is 1. The second kappa shape index (κ2) is 9.66. The fraction of sp³-hybridized carbons (Fsp3) is 0.227. The molecule has 0 radical (unpaired) electrons. The van der Waals surface area contributed by atoms with Crippen LogP contribution in [0.3, 0.4) is 0 Å². The van der Waals surface area contributed by atoms with Crippen molar-refractivity contribution in [1.82, 2.24) is 30.7 Å². The summed E-state index contributed by atoms with van der Waals surface area (Å²) in [6.45, 7) is 0.278. The van der Waals surface area contributed by atoms with Crippen LogP contribution in [0.4, 0.5) is 0 Å². The molecule has 4 rings (SSSR count). The van der Waals surface area contributed by atoms with Gasteiger partial charge < -0.3 is 14.5 Å². The maximum atomic E-state index is 12.1. The SMILES string of the molecule is COc1ccc(-c2n[nH]c(CNC(=O)CCCc3nnc(-c4ccccc4)o3)n2)cc1. The Kier molecular flexibility index (Phi) is 6.32. The van der Waals surface area contributed by atoms with Gasteiger partial charge in [0.05, 0.1) is 13.7 Å². The van der Waals surface area contributed by atoms with E-state index in [1.807, 2.05) is 54.6 Å². The van der Waals surface area contributed by atoms with Crippen LogP contribution in [0.2, 0.25) is 0 Å². The number of carbonyl (C=O) groups excluding carboxylic acids is 1. The minimum absolute atomic E-state index is 0.0785. The quantitative estimate of drug-likeness (QED) is 0.428. The third-order valence-electron chi connectivity index (χ3n) is 4.62. The molecule has 2 aromatic heterocycles. The van der Waals surface area contributed by atoms with Gasteiger partial charge in [-0.2, -0.15) is 5.10 Å². The predicted octanol–water partition coefficient (Wildman–Crippen LogP) is 3.17. The molecule has 0 aliphatic rings. The fourth-order valence-electron chi connectivity index (χ4n) is 2.97. The first-order chi connectivity index (χ1) is 15.2. The molecule has 9 heteroatoms. The topological polar surface area (TPSA) is 119 Å².